The number of benzene rings is 1. The van der Waals surface area contributed by atoms with Gasteiger partial charge in [-0.1, -0.05) is 62.8 Å². The predicted molar refractivity (Wildman–Crippen MR) is 79.6 cm³/mol. The number of unbranched alkanes of at least 4 members (excludes halogenated alkanes) is 4. The third-order valence-electron chi connectivity index (χ3n) is 3.29. The first kappa shape index (κ1) is 15.5. The number of hydrogen-bond donors (Lipinski definition) is 2. The van der Waals surface area contributed by atoms with Crippen LogP contribution in [0.5, 0.6) is 0 Å². The minimum absolute atomic E-state index is 0.368. The molecule has 0 saturated heterocycles. The molecule has 0 fully saturated rings. The Hall–Kier alpha value is -0.570. The van der Waals surface area contributed by atoms with Crippen LogP contribution < -0.4 is 11.3 Å². The summed E-state index contributed by atoms with van der Waals surface area (Å²) in [6.07, 6.45) is 8.66. The van der Waals surface area contributed by atoms with Crippen LogP contribution in [0.4, 0.5) is 0 Å². The lowest BCUT2D eigenvalue weighted by atomic mass is 10.0. The van der Waals surface area contributed by atoms with Crippen molar-refractivity contribution in [1.29, 1.82) is 0 Å². The Morgan fingerprint density at radius 1 is 1.11 bits per heavy atom. The Labute approximate surface area is 116 Å². The lowest BCUT2D eigenvalue weighted by Crippen LogP contribution is -2.36. The normalized spacial score (nSPS) is 12.6. The third-order valence-corrected chi connectivity index (χ3v) is 3.54. The SMILES string of the molecule is CCCCCCCC(Cc1ccc(Cl)cc1)NN. The standard InChI is InChI=1S/C15H25ClN2/c1-2-3-4-5-6-7-15(18-17)12-13-8-10-14(16)11-9-13/h8-11,15,18H,2-7,12,17H2,1H3. The summed E-state index contributed by atoms with van der Waals surface area (Å²) in [5.41, 5.74) is 4.21. The second-order valence-corrected chi connectivity index (χ2v) is 5.33. The first-order valence-corrected chi connectivity index (χ1v) is 7.34. The van der Waals surface area contributed by atoms with Gasteiger partial charge < -0.3 is 0 Å². The minimum atomic E-state index is 0.368. The molecular formula is C15H25ClN2. The fourth-order valence-corrected chi connectivity index (χ4v) is 2.27. The van der Waals surface area contributed by atoms with Crippen molar-refractivity contribution in [2.24, 2.45) is 5.84 Å². The van der Waals surface area contributed by atoms with Crippen LogP contribution >= 0.6 is 11.6 Å². The van der Waals surface area contributed by atoms with Crippen molar-refractivity contribution in [2.45, 2.75) is 57.9 Å². The molecule has 102 valence electrons. The Bertz CT molecular complexity index is 311. The average molecular weight is 269 g/mol. The van der Waals surface area contributed by atoms with Crippen LogP contribution in [0.1, 0.15) is 51.0 Å². The molecule has 1 aromatic rings. The number of rotatable bonds is 9. The molecule has 2 nitrogen and oxygen atoms in total. The number of nitrogens with two attached hydrogens (primary N) is 1. The summed E-state index contributed by atoms with van der Waals surface area (Å²) in [5, 5.41) is 0.788. The van der Waals surface area contributed by atoms with Crippen molar-refractivity contribution in [3.63, 3.8) is 0 Å². The number of hydrogen-bond acceptors (Lipinski definition) is 2. The molecule has 18 heavy (non-hydrogen) atoms. The first-order chi connectivity index (χ1) is 8.76. The average Bonchev–Trinajstić information content (AvgIpc) is 2.39. The molecule has 0 bridgehead atoms. The molecule has 0 amide bonds. The molecule has 3 heteroatoms. The van der Waals surface area contributed by atoms with Gasteiger partial charge in [0.25, 0.3) is 0 Å². The van der Waals surface area contributed by atoms with Crippen molar-refractivity contribution in [3.8, 4) is 0 Å². The highest BCUT2D eigenvalue weighted by Gasteiger charge is 2.07. The lowest BCUT2D eigenvalue weighted by molar-refractivity contribution is 0.461. The van der Waals surface area contributed by atoms with Gasteiger partial charge in [0, 0.05) is 11.1 Å². The number of halogens is 1. The summed E-state index contributed by atoms with van der Waals surface area (Å²) in [6.45, 7) is 2.24. The zero-order chi connectivity index (χ0) is 13.2. The fourth-order valence-electron chi connectivity index (χ4n) is 2.14. The molecule has 0 aliphatic rings. The monoisotopic (exact) mass is 268 g/mol. The highest BCUT2D eigenvalue weighted by molar-refractivity contribution is 6.30. The molecule has 1 atom stereocenters. The van der Waals surface area contributed by atoms with E-state index in [1.165, 1.54) is 37.7 Å². The largest absolute Gasteiger partial charge is 0.271 e. The molecule has 0 aromatic heterocycles. The lowest BCUT2D eigenvalue weighted by Gasteiger charge is -2.15. The molecule has 0 spiro atoms. The summed E-state index contributed by atoms with van der Waals surface area (Å²) in [5.74, 6) is 5.62. The molecule has 0 saturated carbocycles. The number of hydrazine groups is 1. The van der Waals surface area contributed by atoms with E-state index in [0.717, 1.165) is 17.9 Å². The maximum atomic E-state index is 5.87. The van der Waals surface area contributed by atoms with E-state index in [0.29, 0.717) is 6.04 Å². The van der Waals surface area contributed by atoms with E-state index in [1.807, 2.05) is 12.1 Å². The van der Waals surface area contributed by atoms with Gasteiger partial charge in [-0.15, -0.1) is 0 Å². The van der Waals surface area contributed by atoms with E-state index in [9.17, 15) is 0 Å². The molecule has 1 rings (SSSR count). The van der Waals surface area contributed by atoms with Gasteiger partial charge in [-0.25, -0.2) is 0 Å². The van der Waals surface area contributed by atoms with Crippen molar-refractivity contribution in [3.05, 3.63) is 34.9 Å². The van der Waals surface area contributed by atoms with Gasteiger partial charge >= 0.3 is 0 Å². The molecule has 0 heterocycles. The summed E-state index contributed by atoms with van der Waals surface area (Å²) < 4.78 is 0. The van der Waals surface area contributed by atoms with Gasteiger partial charge in [-0.2, -0.15) is 0 Å². The van der Waals surface area contributed by atoms with E-state index >= 15 is 0 Å². The molecule has 1 aromatic carbocycles. The zero-order valence-electron chi connectivity index (χ0n) is 11.3. The first-order valence-electron chi connectivity index (χ1n) is 6.96. The summed E-state index contributed by atoms with van der Waals surface area (Å²) >= 11 is 5.87. The molecular weight excluding hydrogens is 244 g/mol. The van der Waals surface area contributed by atoms with Gasteiger partial charge in [0.2, 0.25) is 0 Å². The second-order valence-electron chi connectivity index (χ2n) is 4.90. The molecule has 1 unspecified atom stereocenters. The van der Waals surface area contributed by atoms with Crippen LogP contribution in [0.25, 0.3) is 0 Å². The molecule has 0 aliphatic heterocycles. The molecule has 3 N–H and O–H groups in total. The van der Waals surface area contributed by atoms with E-state index < -0.39 is 0 Å². The highest BCUT2D eigenvalue weighted by Crippen LogP contribution is 2.14. The third kappa shape index (κ3) is 6.39. The van der Waals surface area contributed by atoms with E-state index in [1.54, 1.807) is 0 Å². The van der Waals surface area contributed by atoms with Crippen LogP contribution in [0, 0.1) is 0 Å². The van der Waals surface area contributed by atoms with E-state index in [4.69, 9.17) is 17.4 Å². The van der Waals surface area contributed by atoms with Crippen molar-refractivity contribution < 1.29 is 0 Å². The minimum Gasteiger partial charge on any atom is -0.271 e. The second kappa shape index (κ2) is 9.37. The zero-order valence-corrected chi connectivity index (χ0v) is 12.0. The smallest absolute Gasteiger partial charge is 0.0406 e. The van der Waals surface area contributed by atoms with Crippen LogP contribution in [0.15, 0.2) is 24.3 Å². The Morgan fingerprint density at radius 3 is 2.39 bits per heavy atom. The van der Waals surface area contributed by atoms with Crippen LogP contribution in [0.3, 0.4) is 0 Å². The van der Waals surface area contributed by atoms with Crippen molar-refractivity contribution >= 4 is 11.6 Å². The van der Waals surface area contributed by atoms with Crippen LogP contribution in [-0.2, 0) is 6.42 Å². The van der Waals surface area contributed by atoms with Crippen LogP contribution in [0.2, 0.25) is 5.02 Å². The molecule has 0 aliphatic carbocycles. The summed E-state index contributed by atoms with van der Waals surface area (Å²) in [6, 6.07) is 8.39. The number of nitrogens with one attached hydrogen (secondary N) is 1. The Morgan fingerprint density at radius 2 is 1.78 bits per heavy atom. The van der Waals surface area contributed by atoms with Crippen molar-refractivity contribution in [1.82, 2.24) is 5.43 Å². The van der Waals surface area contributed by atoms with E-state index in [-0.39, 0.29) is 0 Å². The maximum Gasteiger partial charge on any atom is 0.0406 e. The summed E-state index contributed by atoms with van der Waals surface area (Å²) in [7, 11) is 0. The Balaban J connectivity index is 2.26. The van der Waals surface area contributed by atoms with Gasteiger partial charge in [0.15, 0.2) is 0 Å². The maximum absolute atomic E-state index is 5.87. The van der Waals surface area contributed by atoms with Crippen LogP contribution in [-0.4, -0.2) is 6.04 Å². The van der Waals surface area contributed by atoms with E-state index in [2.05, 4.69) is 24.5 Å². The quantitative estimate of drug-likeness (QED) is 0.402. The van der Waals surface area contributed by atoms with Gasteiger partial charge in [0.05, 0.1) is 0 Å². The van der Waals surface area contributed by atoms with Gasteiger partial charge in [-0.3, -0.25) is 11.3 Å². The van der Waals surface area contributed by atoms with Gasteiger partial charge in [0.1, 0.15) is 0 Å². The molecule has 0 radical (unpaired) electrons. The predicted octanol–water partition coefficient (Wildman–Crippen LogP) is 4.07. The fraction of sp³-hybridized carbons (Fsp3) is 0.600. The highest BCUT2D eigenvalue weighted by atomic mass is 35.5. The van der Waals surface area contributed by atoms with Crippen molar-refractivity contribution in [2.75, 3.05) is 0 Å². The summed E-state index contributed by atoms with van der Waals surface area (Å²) in [4.78, 5) is 0. The van der Waals surface area contributed by atoms with Gasteiger partial charge in [-0.05, 0) is 30.5 Å². The topological polar surface area (TPSA) is 38.0 Å². The Kier molecular flexibility index (Phi) is 8.06.